The van der Waals surface area contributed by atoms with Crippen LogP contribution in [0.4, 0.5) is 0 Å². The molecule has 0 aliphatic heterocycles. The highest BCUT2D eigenvalue weighted by molar-refractivity contribution is 7.90. The molecule has 0 radical (unpaired) electrons. The Morgan fingerprint density at radius 2 is 2.03 bits per heavy atom. The molecule has 0 unspecified atom stereocenters. The predicted molar refractivity (Wildman–Crippen MR) is 137 cm³/mol. The first-order chi connectivity index (χ1) is 17.6. The molecule has 194 valence electrons. The molecule has 37 heavy (non-hydrogen) atoms. The van der Waals surface area contributed by atoms with Gasteiger partial charge in [-0.2, -0.15) is 4.57 Å². The highest BCUT2D eigenvalue weighted by Crippen LogP contribution is 2.61. The monoisotopic (exact) mass is 523 g/mol. The van der Waals surface area contributed by atoms with Gasteiger partial charge in [0.25, 0.3) is 0 Å². The number of aliphatic carboxylic acids is 1. The molecule has 3 aromatic rings. The van der Waals surface area contributed by atoms with E-state index in [9.17, 15) is 18.3 Å². The standard InChI is InChI=1S/C28H30N2O6S/c1-17-10-21(35-8-5-9-37(3,33)34)15-30(2)27(17)19-7-4-6-18(11-19)16-36-24-13-20-12-22-25(23(20)14-29-24)26(22)28(31)32/h4,6-7,10-11,13-15,22,25-26H,5,8-9,12,16H2,1-3H3/p+1/t22-,25-,26+/m1/s1. The van der Waals surface area contributed by atoms with Crippen molar-refractivity contribution in [2.24, 2.45) is 18.9 Å². The molecule has 0 bridgehead atoms. The highest BCUT2D eigenvalue weighted by atomic mass is 32.2. The van der Waals surface area contributed by atoms with Crippen LogP contribution in [0.3, 0.4) is 0 Å². The molecule has 0 amide bonds. The Bertz CT molecular complexity index is 1450. The van der Waals surface area contributed by atoms with Gasteiger partial charge in [-0.3, -0.25) is 4.79 Å². The summed E-state index contributed by atoms with van der Waals surface area (Å²) in [6.07, 6.45) is 6.14. The number of pyridine rings is 2. The minimum atomic E-state index is -2.99. The molecule has 8 nitrogen and oxygen atoms in total. The molecule has 3 atom stereocenters. The highest BCUT2D eigenvalue weighted by Gasteiger charge is 2.59. The number of ether oxygens (including phenoxy) is 2. The normalized spacial score (nSPS) is 19.7. The van der Waals surface area contributed by atoms with E-state index >= 15 is 0 Å². The Morgan fingerprint density at radius 1 is 1.22 bits per heavy atom. The van der Waals surface area contributed by atoms with Crippen LogP contribution in [0, 0.1) is 18.8 Å². The van der Waals surface area contributed by atoms with Crippen molar-refractivity contribution in [3.8, 4) is 22.9 Å². The van der Waals surface area contributed by atoms with Gasteiger partial charge in [-0.25, -0.2) is 13.4 Å². The number of fused-ring (bicyclic) bond motifs is 3. The Morgan fingerprint density at radius 3 is 2.76 bits per heavy atom. The number of hydrogen-bond acceptors (Lipinski definition) is 6. The first kappa shape index (κ1) is 25.2. The van der Waals surface area contributed by atoms with Gasteiger partial charge in [-0.05, 0) is 60.6 Å². The van der Waals surface area contributed by atoms with Gasteiger partial charge in [0.05, 0.1) is 18.3 Å². The lowest BCUT2D eigenvalue weighted by Gasteiger charge is -2.11. The maximum Gasteiger partial charge on any atom is 0.307 e. The zero-order valence-electron chi connectivity index (χ0n) is 21.2. The number of aryl methyl sites for hydroxylation is 2. The predicted octanol–water partition coefficient (Wildman–Crippen LogP) is 3.24. The molecule has 2 aliphatic carbocycles. The zero-order chi connectivity index (χ0) is 26.3. The fourth-order valence-corrected chi connectivity index (χ4v) is 6.17. The summed E-state index contributed by atoms with van der Waals surface area (Å²) in [5.74, 6) is 0.708. The van der Waals surface area contributed by atoms with Gasteiger partial charge in [-0.1, -0.05) is 12.1 Å². The maximum absolute atomic E-state index is 11.3. The van der Waals surface area contributed by atoms with Crippen LogP contribution >= 0.6 is 0 Å². The smallest absolute Gasteiger partial charge is 0.307 e. The fourth-order valence-electron chi connectivity index (χ4n) is 5.52. The summed E-state index contributed by atoms with van der Waals surface area (Å²) in [7, 11) is -1.03. The summed E-state index contributed by atoms with van der Waals surface area (Å²) in [4.78, 5) is 15.7. The molecule has 1 saturated carbocycles. The van der Waals surface area contributed by atoms with Crippen LogP contribution in [0.5, 0.6) is 11.6 Å². The third-order valence-corrected chi connectivity index (χ3v) is 8.22. The number of rotatable bonds is 10. The van der Waals surface area contributed by atoms with Crippen molar-refractivity contribution < 1.29 is 32.4 Å². The van der Waals surface area contributed by atoms with Gasteiger partial charge in [0.15, 0.2) is 5.75 Å². The van der Waals surface area contributed by atoms with E-state index in [-0.39, 0.29) is 23.5 Å². The topological polar surface area (TPSA) is 107 Å². The molecule has 0 spiro atoms. The Kier molecular flexibility index (Phi) is 6.66. The maximum atomic E-state index is 11.3. The molecular weight excluding hydrogens is 492 g/mol. The van der Waals surface area contributed by atoms with Gasteiger partial charge < -0.3 is 14.6 Å². The molecule has 1 fully saturated rings. The summed E-state index contributed by atoms with van der Waals surface area (Å²) < 4.78 is 36.4. The van der Waals surface area contributed by atoms with Crippen molar-refractivity contribution in [3.05, 3.63) is 71.0 Å². The van der Waals surface area contributed by atoms with Crippen molar-refractivity contribution >= 4 is 15.8 Å². The van der Waals surface area contributed by atoms with E-state index in [1.165, 1.54) is 6.26 Å². The van der Waals surface area contributed by atoms with Gasteiger partial charge in [0.2, 0.25) is 17.8 Å². The lowest BCUT2D eigenvalue weighted by Crippen LogP contribution is -2.32. The average Bonchev–Trinajstić information content (AvgIpc) is 3.42. The van der Waals surface area contributed by atoms with Crippen molar-refractivity contribution in [1.29, 1.82) is 0 Å². The molecule has 1 N–H and O–H groups in total. The van der Waals surface area contributed by atoms with E-state index < -0.39 is 15.8 Å². The number of benzene rings is 1. The molecular formula is C28H31N2O6S+. The number of carboxylic acids is 1. The number of aromatic nitrogens is 2. The number of sulfone groups is 1. The van der Waals surface area contributed by atoms with Gasteiger partial charge in [0, 0.05) is 35.6 Å². The minimum Gasteiger partial charge on any atom is -0.487 e. The average molecular weight is 524 g/mol. The largest absolute Gasteiger partial charge is 0.487 e. The number of carboxylic acid groups (broad SMARTS) is 1. The first-order valence-corrected chi connectivity index (χ1v) is 14.4. The lowest BCUT2D eigenvalue weighted by molar-refractivity contribution is -0.661. The van der Waals surface area contributed by atoms with E-state index in [1.54, 1.807) is 6.20 Å². The fraction of sp³-hybridized carbons (Fsp3) is 0.393. The SMILES string of the molecule is Cc1cc(OCCCS(C)(=O)=O)c[n+](C)c1-c1cccc(COc2cc3c(cn2)[C@H]2[C@@H](C3)[C@@H]2C(=O)O)c1. The Labute approximate surface area is 216 Å². The third-order valence-electron chi connectivity index (χ3n) is 7.19. The number of hydrogen-bond donors (Lipinski definition) is 1. The van der Waals surface area contributed by atoms with E-state index in [1.807, 2.05) is 49.0 Å². The van der Waals surface area contributed by atoms with Crippen LogP contribution in [0.1, 0.15) is 34.6 Å². The second-order valence-corrected chi connectivity index (χ2v) is 12.4. The first-order valence-electron chi connectivity index (χ1n) is 12.4. The van der Waals surface area contributed by atoms with E-state index in [2.05, 4.69) is 17.1 Å². The van der Waals surface area contributed by atoms with Crippen molar-refractivity contribution in [1.82, 2.24) is 4.98 Å². The van der Waals surface area contributed by atoms with E-state index in [4.69, 9.17) is 9.47 Å². The minimum absolute atomic E-state index is 0.109. The molecule has 2 aromatic heterocycles. The van der Waals surface area contributed by atoms with E-state index in [0.717, 1.165) is 39.9 Å². The van der Waals surface area contributed by atoms with Gasteiger partial charge in [0.1, 0.15) is 23.5 Å². The molecule has 9 heteroatoms. The van der Waals surface area contributed by atoms with Crippen molar-refractivity contribution in [3.63, 3.8) is 0 Å². The third kappa shape index (κ3) is 5.46. The molecule has 1 aromatic carbocycles. The molecule has 0 saturated heterocycles. The number of nitrogens with zero attached hydrogens (tertiary/aromatic N) is 2. The van der Waals surface area contributed by atoms with Crippen molar-refractivity contribution in [2.45, 2.75) is 32.3 Å². The summed E-state index contributed by atoms with van der Waals surface area (Å²) in [6.45, 7) is 2.74. The van der Waals surface area contributed by atoms with E-state index in [0.29, 0.717) is 31.3 Å². The summed E-state index contributed by atoms with van der Waals surface area (Å²) in [6, 6.07) is 12.1. The van der Waals surface area contributed by atoms with Crippen LogP contribution in [0.25, 0.3) is 11.3 Å². The lowest BCUT2D eigenvalue weighted by atomic mass is 10.0. The van der Waals surface area contributed by atoms with Crippen LogP contribution in [-0.2, 0) is 34.7 Å². The molecule has 2 aliphatic rings. The van der Waals surface area contributed by atoms with Crippen LogP contribution in [-0.4, -0.2) is 43.1 Å². The zero-order valence-corrected chi connectivity index (χ0v) is 22.0. The van der Waals surface area contributed by atoms with Gasteiger partial charge in [-0.15, -0.1) is 0 Å². The summed E-state index contributed by atoms with van der Waals surface area (Å²) >= 11 is 0. The quantitative estimate of drug-likeness (QED) is 0.321. The van der Waals surface area contributed by atoms with Crippen LogP contribution < -0.4 is 14.0 Å². The second-order valence-electron chi connectivity index (χ2n) is 10.1. The molecule has 5 rings (SSSR count). The summed E-state index contributed by atoms with van der Waals surface area (Å²) in [5.41, 5.74) is 6.35. The van der Waals surface area contributed by atoms with Crippen molar-refractivity contribution in [2.75, 3.05) is 18.6 Å². The Hall–Kier alpha value is -3.46. The van der Waals surface area contributed by atoms with Gasteiger partial charge >= 0.3 is 5.97 Å². The Balaban J connectivity index is 1.23. The summed E-state index contributed by atoms with van der Waals surface area (Å²) in [5, 5.41) is 9.30. The molecule has 2 heterocycles. The van der Waals surface area contributed by atoms with Crippen LogP contribution in [0.15, 0.2) is 48.8 Å². The second kappa shape index (κ2) is 9.78. The van der Waals surface area contributed by atoms with Crippen LogP contribution in [0.2, 0.25) is 0 Å². The number of carbonyl (C=O) groups is 1.